The van der Waals surface area contributed by atoms with Gasteiger partial charge in [-0.25, -0.2) is 4.79 Å². The van der Waals surface area contributed by atoms with E-state index in [1.165, 1.54) is 4.90 Å². The average molecular weight is 406 g/mol. The summed E-state index contributed by atoms with van der Waals surface area (Å²) < 4.78 is 10.6. The van der Waals surface area contributed by atoms with Crippen LogP contribution in [-0.2, 0) is 25.7 Å². The van der Waals surface area contributed by atoms with Gasteiger partial charge in [0.15, 0.2) is 0 Å². The van der Waals surface area contributed by atoms with Gasteiger partial charge in [0.25, 0.3) is 0 Å². The number of carbonyl (C=O) groups is 3. The molecular formula is C21H30N2O6. The van der Waals surface area contributed by atoms with Crippen molar-refractivity contribution in [3.8, 4) is 0 Å². The number of hydrogen-bond acceptors (Lipinski definition) is 6. The second-order valence-corrected chi connectivity index (χ2v) is 8.07. The lowest BCUT2D eigenvalue weighted by Gasteiger charge is -2.26. The number of aliphatic hydroxyl groups is 1. The van der Waals surface area contributed by atoms with Gasteiger partial charge in [-0.1, -0.05) is 30.3 Å². The quantitative estimate of drug-likeness (QED) is 0.671. The molecule has 0 unspecified atom stereocenters. The van der Waals surface area contributed by atoms with Crippen molar-refractivity contribution in [2.24, 2.45) is 0 Å². The molecule has 2 rings (SSSR count). The van der Waals surface area contributed by atoms with Crippen molar-refractivity contribution in [1.82, 2.24) is 10.2 Å². The van der Waals surface area contributed by atoms with E-state index in [-0.39, 0.29) is 13.0 Å². The first kappa shape index (κ1) is 22.7. The topological polar surface area (TPSA) is 105 Å². The van der Waals surface area contributed by atoms with Crippen molar-refractivity contribution in [2.45, 2.75) is 64.3 Å². The molecule has 1 fully saturated rings. The molecule has 2 N–H and O–H groups in total. The second-order valence-electron chi connectivity index (χ2n) is 8.07. The van der Waals surface area contributed by atoms with E-state index >= 15 is 0 Å². The van der Waals surface area contributed by atoms with Gasteiger partial charge in [-0.2, -0.15) is 0 Å². The van der Waals surface area contributed by atoms with E-state index in [9.17, 15) is 19.5 Å². The van der Waals surface area contributed by atoms with Crippen molar-refractivity contribution in [1.29, 1.82) is 0 Å². The van der Waals surface area contributed by atoms with Crippen molar-refractivity contribution in [3.05, 3.63) is 35.9 Å². The van der Waals surface area contributed by atoms with E-state index in [0.717, 1.165) is 5.56 Å². The zero-order chi connectivity index (χ0) is 21.4. The monoisotopic (exact) mass is 406 g/mol. The van der Waals surface area contributed by atoms with E-state index in [4.69, 9.17) is 9.47 Å². The maximum Gasteiger partial charge on any atom is 0.410 e. The summed E-state index contributed by atoms with van der Waals surface area (Å²) >= 11 is 0. The van der Waals surface area contributed by atoms with Crippen LogP contribution < -0.4 is 5.32 Å². The number of nitrogens with one attached hydrogen (secondary N) is 1. The highest BCUT2D eigenvalue weighted by molar-refractivity contribution is 5.86. The molecule has 1 aromatic rings. The molecular weight excluding hydrogens is 376 g/mol. The molecule has 1 heterocycles. The number of amides is 2. The first-order valence-electron chi connectivity index (χ1n) is 9.80. The third kappa shape index (κ3) is 7.38. The highest BCUT2D eigenvalue weighted by Crippen LogP contribution is 2.19. The fourth-order valence-electron chi connectivity index (χ4n) is 3.10. The lowest BCUT2D eigenvalue weighted by molar-refractivity contribution is -0.155. The Labute approximate surface area is 171 Å². The van der Waals surface area contributed by atoms with Gasteiger partial charge in [0.05, 0.1) is 19.1 Å². The molecule has 1 aliphatic heterocycles. The number of aliphatic hydroxyl groups excluding tert-OH is 1. The summed E-state index contributed by atoms with van der Waals surface area (Å²) in [5, 5.41) is 12.2. The van der Waals surface area contributed by atoms with Crippen LogP contribution in [0.2, 0.25) is 0 Å². The molecule has 29 heavy (non-hydrogen) atoms. The van der Waals surface area contributed by atoms with Gasteiger partial charge in [0, 0.05) is 6.54 Å². The van der Waals surface area contributed by atoms with Crippen LogP contribution in [-0.4, -0.2) is 58.8 Å². The molecule has 160 valence electrons. The van der Waals surface area contributed by atoms with Gasteiger partial charge >= 0.3 is 12.1 Å². The van der Waals surface area contributed by atoms with Crippen LogP contribution in [0.4, 0.5) is 4.79 Å². The Kier molecular flexibility index (Phi) is 8.01. The number of benzene rings is 1. The van der Waals surface area contributed by atoms with Crippen LogP contribution in [0, 0.1) is 0 Å². The van der Waals surface area contributed by atoms with Gasteiger partial charge in [-0.15, -0.1) is 0 Å². The Bertz CT molecular complexity index is 701. The standard InChI is InChI=1S/C21H30N2O6/c1-21(2,3)29-18(25)12-16(13-24)22-19(26)17-10-7-11-23(17)20(27)28-14-15-8-5-4-6-9-15/h4-6,8-9,16-17,24H,7,10-14H2,1-3H3,(H,22,26)/t16-,17-/m0/s1. The lowest BCUT2D eigenvalue weighted by Crippen LogP contribution is -2.50. The molecule has 2 amide bonds. The molecule has 0 bridgehead atoms. The largest absolute Gasteiger partial charge is 0.460 e. The normalized spacial score (nSPS) is 17.5. The number of nitrogens with zero attached hydrogens (tertiary/aromatic N) is 1. The maximum atomic E-state index is 12.6. The first-order chi connectivity index (χ1) is 13.7. The van der Waals surface area contributed by atoms with E-state index in [0.29, 0.717) is 19.4 Å². The predicted octanol–water partition coefficient (Wildman–Crippen LogP) is 2.00. The summed E-state index contributed by atoms with van der Waals surface area (Å²) in [5.41, 5.74) is 0.213. The Hall–Kier alpha value is -2.61. The molecule has 8 nitrogen and oxygen atoms in total. The van der Waals surface area contributed by atoms with Crippen LogP contribution in [0.15, 0.2) is 30.3 Å². The SMILES string of the molecule is CC(C)(C)OC(=O)C[C@@H](CO)NC(=O)[C@@H]1CCCN1C(=O)OCc1ccccc1. The van der Waals surface area contributed by atoms with E-state index in [1.54, 1.807) is 20.8 Å². The number of ether oxygens (including phenoxy) is 2. The fraction of sp³-hybridized carbons (Fsp3) is 0.571. The number of rotatable bonds is 7. The predicted molar refractivity (Wildman–Crippen MR) is 106 cm³/mol. The zero-order valence-corrected chi connectivity index (χ0v) is 17.2. The summed E-state index contributed by atoms with van der Waals surface area (Å²) in [6.07, 6.45) is 0.467. The number of hydrogen-bond donors (Lipinski definition) is 2. The first-order valence-corrected chi connectivity index (χ1v) is 9.80. The Morgan fingerprint density at radius 2 is 1.93 bits per heavy atom. The summed E-state index contributed by atoms with van der Waals surface area (Å²) in [4.78, 5) is 38.4. The molecule has 1 aromatic carbocycles. The van der Waals surface area contributed by atoms with Crippen molar-refractivity contribution in [3.63, 3.8) is 0 Å². The van der Waals surface area contributed by atoms with Gasteiger partial charge in [-0.3, -0.25) is 14.5 Å². The minimum absolute atomic E-state index is 0.127. The van der Waals surface area contributed by atoms with Gasteiger partial charge in [0.2, 0.25) is 5.91 Å². The Morgan fingerprint density at radius 3 is 2.55 bits per heavy atom. The van der Waals surface area contributed by atoms with Crippen LogP contribution in [0.25, 0.3) is 0 Å². The fourth-order valence-corrected chi connectivity index (χ4v) is 3.10. The average Bonchev–Trinajstić information content (AvgIpc) is 3.15. The molecule has 0 radical (unpaired) electrons. The molecule has 8 heteroatoms. The number of carbonyl (C=O) groups excluding carboxylic acids is 3. The molecule has 2 atom stereocenters. The van der Waals surface area contributed by atoms with Crippen LogP contribution in [0.3, 0.4) is 0 Å². The van der Waals surface area contributed by atoms with E-state index < -0.39 is 42.3 Å². The molecule has 0 aromatic heterocycles. The third-order valence-corrected chi connectivity index (χ3v) is 4.39. The van der Waals surface area contributed by atoms with Crippen LogP contribution in [0.1, 0.15) is 45.6 Å². The lowest BCUT2D eigenvalue weighted by atomic mass is 10.1. The van der Waals surface area contributed by atoms with Crippen LogP contribution >= 0.6 is 0 Å². The molecule has 1 saturated heterocycles. The molecule has 0 saturated carbocycles. The molecule has 0 spiro atoms. The summed E-state index contributed by atoms with van der Waals surface area (Å²) in [7, 11) is 0. The van der Waals surface area contributed by atoms with Gasteiger partial charge in [-0.05, 0) is 39.2 Å². The Balaban J connectivity index is 1.89. The third-order valence-electron chi connectivity index (χ3n) is 4.39. The van der Waals surface area contributed by atoms with E-state index in [2.05, 4.69) is 5.32 Å². The number of esters is 1. The van der Waals surface area contributed by atoms with Crippen molar-refractivity contribution >= 4 is 18.0 Å². The number of likely N-dealkylation sites (tertiary alicyclic amines) is 1. The summed E-state index contributed by atoms with van der Waals surface area (Å²) in [6.45, 7) is 5.37. The summed E-state index contributed by atoms with van der Waals surface area (Å²) in [5.74, 6) is -0.927. The minimum Gasteiger partial charge on any atom is -0.460 e. The Morgan fingerprint density at radius 1 is 1.24 bits per heavy atom. The van der Waals surface area contributed by atoms with Gasteiger partial charge < -0.3 is 19.9 Å². The highest BCUT2D eigenvalue weighted by Gasteiger charge is 2.36. The molecule has 0 aliphatic carbocycles. The smallest absolute Gasteiger partial charge is 0.410 e. The zero-order valence-electron chi connectivity index (χ0n) is 17.2. The maximum absolute atomic E-state index is 12.6. The molecule has 1 aliphatic rings. The van der Waals surface area contributed by atoms with Gasteiger partial charge in [0.1, 0.15) is 18.2 Å². The second kappa shape index (κ2) is 10.2. The van der Waals surface area contributed by atoms with Crippen LogP contribution in [0.5, 0.6) is 0 Å². The van der Waals surface area contributed by atoms with Crippen molar-refractivity contribution in [2.75, 3.05) is 13.2 Å². The van der Waals surface area contributed by atoms with Crippen molar-refractivity contribution < 1.29 is 29.0 Å². The minimum atomic E-state index is -0.778. The summed E-state index contributed by atoms with van der Waals surface area (Å²) in [6, 6.07) is 7.82. The highest BCUT2D eigenvalue weighted by atomic mass is 16.6. The van der Waals surface area contributed by atoms with E-state index in [1.807, 2.05) is 30.3 Å².